The van der Waals surface area contributed by atoms with E-state index in [1.807, 2.05) is 43.3 Å². The highest BCUT2D eigenvalue weighted by atomic mass is 16.5. The van der Waals surface area contributed by atoms with Gasteiger partial charge in [0, 0.05) is 0 Å². The minimum absolute atomic E-state index is 0.183. The minimum atomic E-state index is -0.310. The predicted molar refractivity (Wildman–Crippen MR) is 96.4 cm³/mol. The molecule has 25 heavy (non-hydrogen) atoms. The summed E-state index contributed by atoms with van der Waals surface area (Å²) in [7, 11) is 0. The maximum Gasteiger partial charge on any atom is 0.338 e. The Morgan fingerprint density at radius 1 is 0.760 bits per heavy atom. The summed E-state index contributed by atoms with van der Waals surface area (Å²) < 4.78 is 10.7. The molecule has 2 rings (SSSR count). The number of esters is 2. The van der Waals surface area contributed by atoms with E-state index in [1.165, 1.54) is 0 Å². The summed E-state index contributed by atoms with van der Waals surface area (Å²) in [5.41, 5.74) is 1.11. The molecule has 4 nitrogen and oxygen atoms in total. The van der Waals surface area contributed by atoms with E-state index in [4.69, 9.17) is 9.47 Å². The van der Waals surface area contributed by atoms with Crippen LogP contribution in [0.25, 0.3) is 0 Å². The summed E-state index contributed by atoms with van der Waals surface area (Å²) in [6.45, 7) is 4.80. The Morgan fingerprint density at radius 3 is 1.76 bits per heavy atom. The van der Waals surface area contributed by atoms with Crippen LogP contribution in [0.4, 0.5) is 0 Å². The first-order valence-electron chi connectivity index (χ1n) is 8.52. The standard InChI is InChI=1S/C21H24O4/c1-16(13-14-24-20(22)18-9-5-3-6-10-18)17(2)15-25-21(23)19-11-7-4-8-12-19/h3-12,16-17H,13-15H2,1-2H3. The number of rotatable bonds is 8. The lowest BCUT2D eigenvalue weighted by Crippen LogP contribution is -2.19. The number of ether oxygens (including phenoxy) is 2. The van der Waals surface area contributed by atoms with E-state index in [2.05, 4.69) is 6.92 Å². The molecule has 0 radical (unpaired) electrons. The second kappa shape index (κ2) is 9.62. The Bertz CT molecular complexity index is 667. The van der Waals surface area contributed by atoms with Gasteiger partial charge in [0.05, 0.1) is 24.3 Å². The number of hydrogen-bond donors (Lipinski definition) is 0. The van der Waals surface area contributed by atoms with Gasteiger partial charge in [-0.3, -0.25) is 0 Å². The van der Waals surface area contributed by atoms with E-state index in [-0.39, 0.29) is 23.8 Å². The van der Waals surface area contributed by atoms with Crippen molar-refractivity contribution in [2.75, 3.05) is 13.2 Å². The maximum atomic E-state index is 11.9. The van der Waals surface area contributed by atoms with Crippen molar-refractivity contribution in [3.8, 4) is 0 Å². The quantitative estimate of drug-likeness (QED) is 0.670. The van der Waals surface area contributed by atoms with E-state index in [0.29, 0.717) is 24.3 Å². The van der Waals surface area contributed by atoms with Gasteiger partial charge in [0.15, 0.2) is 0 Å². The lowest BCUT2D eigenvalue weighted by atomic mass is 9.94. The molecule has 4 heteroatoms. The Balaban J connectivity index is 1.69. The van der Waals surface area contributed by atoms with Crippen molar-refractivity contribution in [1.82, 2.24) is 0 Å². The van der Waals surface area contributed by atoms with Crippen LogP contribution in [0.5, 0.6) is 0 Å². The Morgan fingerprint density at radius 2 is 1.24 bits per heavy atom. The maximum absolute atomic E-state index is 11.9. The topological polar surface area (TPSA) is 52.6 Å². The Kier molecular flexibility index (Phi) is 7.20. The monoisotopic (exact) mass is 340 g/mol. The van der Waals surface area contributed by atoms with Crippen LogP contribution in [0.1, 0.15) is 41.0 Å². The lowest BCUT2D eigenvalue weighted by Gasteiger charge is -2.19. The molecule has 0 amide bonds. The lowest BCUT2D eigenvalue weighted by molar-refractivity contribution is 0.0373. The summed E-state index contributed by atoms with van der Waals surface area (Å²) in [5.74, 6) is -0.165. The van der Waals surface area contributed by atoms with Crippen molar-refractivity contribution in [3.05, 3.63) is 71.8 Å². The van der Waals surface area contributed by atoms with E-state index < -0.39 is 0 Å². The number of hydrogen-bond acceptors (Lipinski definition) is 4. The number of carbonyl (C=O) groups excluding carboxylic acids is 2. The van der Waals surface area contributed by atoms with E-state index in [0.717, 1.165) is 6.42 Å². The summed E-state index contributed by atoms with van der Waals surface area (Å²) in [4.78, 5) is 23.8. The van der Waals surface area contributed by atoms with Crippen LogP contribution in [-0.2, 0) is 9.47 Å². The molecule has 0 aliphatic rings. The molecule has 0 fully saturated rings. The zero-order valence-electron chi connectivity index (χ0n) is 14.7. The highest BCUT2D eigenvalue weighted by molar-refractivity contribution is 5.89. The van der Waals surface area contributed by atoms with Gasteiger partial charge in [-0.2, -0.15) is 0 Å². The third kappa shape index (κ3) is 6.07. The molecule has 2 atom stereocenters. The van der Waals surface area contributed by atoms with Crippen LogP contribution in [0.15, 0.2) is 60.7 Å². The Hall–Kier alpha value is -2.62. The van der Waals surface area contributed by atoms with Gasteiger partial charge in [-0.05, 0) is 42.5 Å². The van der Waals surface area contributed by atoms with Crippen molar-refractivity contribution < 1.29 is 19.1 Å². The summed E-state index contributed by atoms with van der Waals surface area (Å²) >= 11 is 0. The second-order valence-corrected chi connectivity index (χ2v) is 6.21. The van der Waals surface area contributed by atoms with Crippen LogP contribution >= 0.6 is 0 Å². The highest BCUT2D eigenvalue weighted by Gasteiger charge is 2.16. The smallest absolute Gasteiger partial charge is 0.338 e. The predicted octanol–water partition coefficient (Wildman–Crippen LogP) is 4.36. The van der Waals surface area contributed by atoms with Crippen molar-refractivity contribution in [1.29, 1.82) is 0 Å². The fourth-order valence-corrected chi connectivity index (χ4v) is 2.31. The van der Waals surface area contributed by atoms with E-state index in [1.54, 1.807) is 24.3 Å². The highest BCUT2D eigenvalue weighted by Crippen LogP contribution is 2.16. The Labute approximate surface area is 148 Å². The van der Waals surface area contributed by atoms with Gasteiger partial charge in [0.25, 0.3) is 0 Å². The molecule has 0 bridgehead atoms. The van der Waals surface area contributed by atoms with Gasteiger partial charge in [-0.1, -0.05) is 50.2 Å². The molecular formula is C21H24O4. The third-order valence-electron chi connectivity index (χ3n) is 4.27. The molecule has 0 heterocycles. The molecule has 2 aromatic rings. The normalized spacial score (nSPS) is 12.9. The molecular weight excluding hydrogens is 316 g/mol. The van der Waals surface area contributed by atoms with Gasteiger partial charge in [-0.15, -0.1) is 0 Å². The van der Waals surface area contributed by atoms with E-state index in [9.17, 15) is 9.59 Å². The zero-order chi connectivity index (χ0) is 18.1. The van der Waals surface area contributed by atoms with Crippen LogP contribution in [0, 0.1) is 11.8 Å². The van der Waals surface area contributed by atoms with Gasteiger partial charge in [0.2, 0.25) is 0 Å². The van der Waals surface area contributed by atoms with Crippen molar-refractivity contribution >= 4 is 11.9 Å². The fraction of sp³-hybridized carbons (Fsp3) is 0.333. The van der Waals surface area contributed by atoms with E-state index >= 15 is 0 Å². The fourth-order valence-electron chi connectivity index (χ4n) is 2.31. The van der Waals surface area contributed by atoms with Crippen LogP contribution in [0.3, 0.4) is 0 Å². The molecule has 2 unspecified atom stereocenters. The summed E-state index contributed by atoms with van der Waals surface area (Å²) in [6.07, 6.45) is 0.725. The average molecular weight is 340 g/mol. The third-order valence-corrected chi connectivity index (χ3v) is 4.27. The molecule has 0 spiro atoms. The molecule has 0 N–H and O–H groups in total. The van der Waals surface area contributed by atoms with Crippen molar-refractivity contribution in [2.24, 2.45) is 11.8 Å². The van der Waals surface area contributed by atoms with Gasteiger partial charge in [-0.25, -0.2) is 9.59 Å². The van der Waals surface area contributed by atoms with Crippen LogP contribution < -0.4 is 0 Å². The van der Waals surface area contributed by atoms with Gasteiger partial charge in [0.1, 0.15) is 0 Å². The van der Waals surface area contributed by atoms with Crippen LogP contribution in [-0.4, -0.2) is 25.2 Å². The molecule has 0 saturated carbocycles. The molecule has 0 aliphatic heterocycles. The number of benzene rings is 2. The molecule has 2 aromatic carbocycles. The van der Waals surface area contributed by atoms with Crippen LogP contribution in [0.2, 0.25) is 0 Å². The van der Waals surface area contributed by atoms with Gasteiger partial charge < -0.3 is 9.47 Å². The molecule has 0 saturated heterocycles. The SMILES string of the molecule is CC(CCOC(=O)c1ccccc1)C(C)COC(=O)c1ccccc1. The van der Waals surface area contributed by atoms with Gasteiger partial charge >= 0.3 is 11.9 Å². The van der Waals surface area contributed by atoms with Crippen molar-refractivity contribution in [2.45, 2.75) is 20.3 Å². The van der Waals surface area contributed by atoms with Crippen molar-refractivity contribution in [3.63, 3.8) is 0 Å². The minimum Gasteiger partial charge on any atom is -0.462 e. The molecule has 132 valence electrons. The average Bonchev–Trinajstić information content (AvgIpc) is 2.66. The summed E-state index contributed by atoms with van der Waals surface area (Å²) in [5, 5.41) is 0. The second-order valence-electron chi connectivity index (χ2n) is 6.21. The zero-order valence-corrected chi connectivity index (χ0v) is 14.7. The first-order valence-corrected chi connectivity index (χ1v) is 8.52. The first kappa shape index (κ1) is 18.7. The molecule has 0 aromatic heterocycles. The molecule has 0 aliphatic carbocycles. The number of carbonyl (C=O) groups is 2. The summed E-state index contributed by atoms with van der Waals surface area (Å²) in [6, 6.07) is 17.9. The first-order chi connectivity index (χ1) is 12.1. The largest absolute Gasteiger partial charge is 0.462 e.